The van der Waals surface area contributed by atoms with E-state index >= 15 is 0 Å². The summed E-state index contributed by atoms with van der Waals surface area (Å²) in [6, 6.07) is 16.0. The second kappa shape index (κ2) is 13.5. The number of alkyl carbamates (subject to hydrolysis) is 1. The van der Waals surface area contributed by atoms with Crippen molar-refractivity contribution in [3.05, 3.63) is 113 Å². The molecule has 13 heteroatoms. The molecule has 4 aromatic rings. The van der Waals surface area contributed by atoms with Crippen LogP contribution < -0.4 is 16.0 Å². The minimum atomic E-state index is -4.84. The molecule has 2 amide bonds. The van der Waals surface area contributed by atoms with Crippen molar-refractivity contribution < 1.29 is 36.3 Å². The molecule has 1 aliphatic rings. The van der Waals surface area contributed by atoms with Gasteiger partial charge in [-0.25, -0.2) is 18.3 Å². The predicted molar refractivity (Wildman–Crippen MR) is 165 cm³/mol. The molecule has 1 heterocycles. The van der Waals surface area contributed by atoms with Crippen molar-refractivity contribution in [3.63, 3.8) is 0 Å². The van der Waals surface area contributed by atoms with E-state index < -0.39 is 52.8 Å². The number of ether oxygens (including phenoxy) is 1. The normalized spacial score (nSPS) is 14.0. The van der Waals surface area contributed by atoms with Crippen molar-refractivity contribution >= 4 is 17.7 Å². The fourth-order valence-corrected chi connectivity index (χ4v) is 4.91. The summed E-state index contributed by atoms with van der Waals surface area (Å²) in [4.78, 5) is 25.6. The first kappa shape index (κ1) is 33.6. The van der Waals surface area contributed by atoms with Crippen LogP contribution >= 0.6 is 0 Å². The number of amides is 2. The van der Waals surface area contributed by atoms with E-state index in [1.54, 1.807) is 57.2 Å². The van der Waals surface area contributed by atoms with E-state index in [1.165, 1.54) is 18.2 Å². The van der Waals surface area contributed by atoms with E-state index in [0.717, 1.165) is 29.7 Å². The Balaban J connectivity index is 1.41. The summed E-state index contributed by atoms with van der Waals surface area (Å²) in [5.41, 5.74) is -0.703. The van der Waals surface area contributed by atoms with Gasteiger partial charge in [0, 0.05) is 29.9 Å². The molecule has 0 radical (unpaired) electrons. The third kappa shape index (κ3) is 8.94. The van der Waals surface area contributed by atoms with Gasteiger partial charge in [0.25, 0.3) is 5.91 Å². The fraction of sp³-hybridized carbons (Fsp3) is 0.324. The lowest BCUT2D eigenvalue weighted by atomic mass is 9.97. The zero-order valence-electron chi connectivity index (χ0n) is 25.9. The molecule has 1 unspecified atom stereocenters. The quantitative estimate of drug-likeness (QED) is 0.154. The number of nitrogens with one attached hydrogen (secondary N) is 3. The molecule has 1 aliphatic carbocycles. The van der Waals surface area contributed by atoms with Crippen LogP contribution in [0.25, 0.3) is 5.69 Å². The van der Waals surface area contributed by atoms with Gasteiger partial charge in [-0.2, -0.15) is 18.3 Å². The molecule has 5 rings (SSSR count). The van der Waals surface area contributed by atoms with Gasteiger partial charge in [0.05, 0.1) is 11.7 Å². The first-order valence-corrected chi connectivity index (χ1v) is 15.0. The van der Waals surface area contributed by atoms with Gasteiger partial charge in [-0.05, 0) is 87.5 Å². The third-order valence-corrected chi connectivity index (χ3v) is 7.28. The summed E-state index contributed by atoms with van der Waals surface area (Å²) < 4.78 is 76.0. The number of rotatable bonds is 10. The number of nitrogens with zero attached hydrogens (tertiary/aromatic N) is 2. The molecule has 1 saturated carbocycles. The Morgan fingerprint density at radius 2 is 1.72 bits per heavy atom. The molecule has 3 N–H and O–H groups in total. The maximum atomic E-state index is 14.9. The average Bonchev–Trinajstić information content (AvgIpc) is 3.70. The first-order chi connectivity index (χ1) is 22.2. The highest BCUT2D eigenvalue weighted by Gasteiger charge is 2.36. The zero-order valence-corrected chi connectivity index (χ0v) is 25.9. The molecule has 8 nitrogen and oxygen atoms in total. The Bertz CT molecular complexity index is 1760. The number of hydrogen-bond acceptors (Lipinski definition) is 5. The van der Waals surface area contributed by atoms with Crippen LogP contribution in [0.4, 0.5) is 32.4 Å². The fourth-order valence-electron chi connectivity index (χ4n) is 4.91. The standard InChI is InChI=1S/C34H34F5N5O3/c1-33(2,3)47-32(46)41-19-21-6-4-9-25(14-21)44-28(17-29(43-44)34(37,38)39)31(45)42-24-8-5-7-22(15-24)30(40-18-20-10-11-20)26-13-12-23(35)16-27(26)36/h4-9,12-17,20,30,40H,10-11,18-19H2,1-3H3,(H,41,46)(H,42,45). The van der Waals surface area contributed by atoms with Gasteiger partial charge in [0.15, 0.2) is 5.69 Å². The maximum absolute atomic E-state index is 14.9. The molecule has 0 saturated heterocycles. The highest BCUT2D eigenvalue weighted by Crippen LogP contribution is 2.33. The second-order valence-electron chi connectivity index (χ2n) is 12.4. The summed E-state index contributed by atoms with van der Waals surface area (Å²) in [6.07, 6.45) is -3.43. The lowest BCUT2D eigenvalue weighted by molar-refractivity contribution is -0.141. The molecule has 0 spiro atoms. The van der Waals surface area contributed by atoms with E-state index in [-0.39, 0.29) is 23.5 Å². The van der Waals surface area contributed by atoms with E-state index in [0.29, 0.717) is 29.7 Å². The number of anilines is 1. The van der Waals surface area contributed by atoms with Crippen molar-refractivity contribution in [3.8, 4) is 5.69 Å². The Morgan fingerprint density at radius 1 is 0.979 bits per heavy atom. The summed E-state index contributed by atoms with van der Waals surface area (Å²) in [5, 5.41) is 12.2. The van der Waals surface area contributed by atoms with E-state index in [4.69, 9.17) is 4.74 Å². The van der Waals surface area contributed by atoms with Crippen molar-refractivity contribution in [2.24, 2.45) is 5.92 Å². The Labute approximate surface area is 268 Å². The molecule has 1 fully saturated rings. The Kier molecular flexibility index (Phi) is 9.66. The number of benzene rings is 3. The molecule has 0 bridgehead atoms. The Hall–Kier alpha value is -4.78. The van der Waals surface area contributed by atoms with Crippen LogP contribution in [0.5, 0.6) is 0 Å². The largest absolute Gasteiger partial charge is 0.444 e. The summed E-state index contributed by atoms with van der Waals surface area (Å²) in [7, 11) is 0. The van der Waals surface area contributed by atoms with Crippen LogP contribution in [-0.2, 0) is 17.5 Å². The highest BCUT2D eigenvalue weighted by molar-refractivity contribution is 6.03. The summed E-state index contributed by atoms with van der Waals surface area (Å²) in [5.74, 6) is -1.88. The van der Waals surface area contributed by atoms with E-state index in [2.05, 4.69) is 21.0 Å². The van der Waals surface area contributed by atoms with Crippen molar-refractivity contribution in [1.29, 1.82) is 0 Å². The van der Waals surface area contributed by atoms with Crippen LogP contribution in [0.3, 0.4) is 0 Å². The van der Waals surface area contributed by atoms with Crippen molar-refractivity contribution in [2.45, 2.75) is 58.0 Å². The first-order valence-electron chi connectivity index (χ1n) is 15.0. The van der Waals surface area contributed by atoms with Crippen molar-refractivity contribution in [1.82, 2.24) is 20.4 Å². The number of halogens is 5. The Morgan fingerprint density at radius 3 is 2.40 bits per heavy atom. The number of alkyl halides is 3. The minimum absolute atomic E-state index is 0.00900. The molecule has 0 aliphatic heterocycles. The van der Waals surface area contributed by atoms with E-state index in [9.17, 15) is 31.5 Å². The predicted octanol–water partition coefficient (Wildman–Crippen LogP) is 7.54. The molecule has 248 valence electrons. The van der Waals surface area contributed by atoms with Crippen LogP contribution in [0, 0.1) is 17.6 Å². The van der Waals surface area contributed by atoms with Crippen LogP contribution in [-0.4, -0.2) is 33.9 Å². The van der Waals surface area contributed by atoms with Gasteiger partial charge in [-0.3, -0.25) is 4.79 Å². The third-order valence-electron chi connectivity index (χ3n) is 7.28. The zero-order chi connectivity index (χ0) is 33.9. The number of carbonyl (C=O) groups excluding carboxylic acids is 2. The highest BCUT2D eigenvalue weighted by atomic mass is 19.4. The van der Waals surface area contributed by atoms with Crippen LogP contribution in [0.2, 0.25) is 0 Å². The number of aromatic nitrogens is 2. The second-order valence-corrected chi connectivity index (χ2v) is 12.4. The molecule has 3 aromatic carbocycles. The topological polar surface area (TPSA) is 97.3 Å². The lowest BCUT2D eigenvalue weighted by Gasteiger charge is -2.21. The van der Waals surface area contributed by atoms with Gasteiger partial charge in [0.2, 0.25) is 0 Å². The van der Waals surface area contributed by atoms with Gasteiger partial charge < -0.3 is 20.7 Å². The van der Waals surface area contributed by atoms with Gasteiger partial charge >= 0.3 is 12.3 Å². The van der Waals surface area contributed by atoms with E-state index in [1.807, 2.05) is 0 Å². The monoisotopic (exact) mass is 655 g/mol. The van der Waals surface area contributed by atoms with Crippen LogP contribution in [0.15, 0.2) is 72.8 Å². The van der Waals surface area contributed by atoms with Gasteiger partial charge in [-0.15, -0.1) is 0 Å². The van der Waals surface area contributed by atoms with Crippen molar-refractivity contribution in [2.75, 3.05) is 11.9 Å². The SMILES string of the molecule is CC(C)(C)OC(=O)NCc1cccc(-n2nc(C(F)(F)F)cc2C(=O)Nc2cccc(C(NCC3CC3)c3ccc(F)cc3F)c2)c1. The maximum Gasteiger partial charge on any atom is 0.435 e. The molecule has 1 atom stereocenters. The van der Waals surface area contributed by atoms with Gasteiger partial charge in [-0.1, -0.05) is 30.3 Å². The molecular weight excluding hydrogens is 621 g/mol. The minimum Gasteiger partial charge on any atom is -0.444 e. The summed E-state index contributed by atoms with van der Waals surface area (Å²) >= 11 is 0. The number of carbonyl (C=O) groups is 2. The molecular formula is C34H34F5N5O3. The van der Waals surface area contributed by atoms with Crippen LogP contribution in [0.1, 0.15) is 72.5 Å². The smallest absolute Gasteiger partial charge is 0.435 e. The summed E-state index contributed by atoms with van der Waals surface area (Å²) in [6.45, 7) is 5.74. The van der Waals surface area contributed by atoms with Gasteiger partial charge in [0.1, 0.15) is 22.9 Å². The molecule has 47 heavy (non-hydrogen) atoms. The lowest BCUT2D eigenvalue weighted by Crippen LogP contribution is -2.32. The molecule has 1 aromatic heterocycles. The average molecular weight is 656 g/mol. The number of hydrogen-bond donors (Lipinski definition) is 3.